The normalized spacial score (nSPS) is 9.14. The van der Waals surface area contributed by atoms with Gasteiger partial charge in [-0.1, -0.05) is 16.5 Å². The number of nitrogens with one attached hydrogen (secondary N) is 1. The number of benzene rings is 1. The van der Waals surface area contributed by atoms with E-state index in [0.717, 1.165) is 0 Å². The number of hydrogen-bond donors (Lipinski definition) is 2. The van der Waals surface area contributed by atoms with Crippen LogP contribution < -0.4 is 11.1 Å². The zero-order chi connectivity index (χ0) is 10.6. The molecule has 0 heterocycles. The molecule has 0 radical (unpaired) electrons. The lowest BCUT2D eigenvalue weighted by Gasteiger charge is -2.02. The van der Waals surface area contributed by atoms with Gasteiger partial charge in [0.05, 0.1) is 11.4 Å². The molecular weight excluding hydrogens is 206 g/mol. The zero-order valence-corrected chi connectivity index (χ0v) is 7.78. The molecule has 0 saturated heterocycles. The molecule has 14 heavy (non-hydrogen) atoms. The lowest BCUT2D eigenvalue weighted by Crippen LogP contribution is -2.07. The third-order valence-electron chi connectivity index (χ3n) is 1.36. The fourth-order valence-corrected chi connectivity index (χ4v) is 0.998. The molecule has 3 N–H and O–H groups in total. The van der Waals surface area contributed by atoms with E-state index in [0.29, 0.717) is 11.4 Å². The van der Waals surface area contributed by atoms with Gasteiger partial charge in [-0.25, -0.2) is 4.79 Å². The summed E-state index contributed by atoms with van der Waals surface area (Å²) in [5.41, 5.74) is 6.16. The molecule has 1 aromatic rings. The number of nitrogens with two attached hydrogens (primary N) is 1. The van der Waals surface area contributed by atoms with Crippen molar-refractivity contribution in [1.29, 1.82) is 0 Å². The molecule has 0 spiro atoms. The Balaban J connectivity index is 2.85. The first-order valence-electron chi connectivity index (χ1n) is 3.56. The van der Waals surface area contributed by atoms with E-state index in [-0.39, 0.29) is 0 Å². The van der Waals surface area contributed by atoms with Gasteiger partial charge in [-0.2, -0.15) is 8.42 Å². The van der Waals surface area contributed by atoms with Crippen LogP contribution in [0.2, 0.25) is 0 Å². The molecular formula is C7H7N3O3S. The molecule has 0 fully saturated rings. The molecule has 0 bridgehead atoms. The minimum absolute atomic E-state index is 0.326. The summed E-state index contributed by atoms with van der Waals surface area (Å²) in [7, 11) is -2.75. The molecule has 0 atom stereocenters. The minimum Gasteiger partial charge on any atom is -0.397 e. The van der Waals surface area contributed by atoms with Gasteiger partial charge in [-0.15, -0.1) is 0 Å². The van der Waals surface area contributed by atoms with Crippen LogP contribution in [0.5, 0.6) is 0 Å². The lowest BCUT2D eigenvalue weighted by molar-refractivity contribution is 0.260. The van der Waals surface area contributed by atoms with Gasteiger partial charge in [0.2, 0.25) is 0 Å². The number of amides is 2. The first-order chi connectivity index (χ1) is 6.59. The molecule has 0 aliphatic carbocycles. The quantitative estimate of drug-likeness (QED) is 0.675. The summed E-state index contributed by atoms with van der Waals surface area (Å²) in [5, 5.41) is 2.22. The molecule has 6 nitrogen and oxygen atoms in total. The van der Waals surface area contributed by atoms with Gasteiger partial charge in [0.15, 0.2) is 0 Å². The van der Waals surface area contributed by atoms with E-state index < -0.39 is 16.5 Å². The highest BCUT2D eigenvalue weighted by molar-refractivity contribution is 7.62. The van der Waals surface area contributed by atoms with Crippen molar-refractivity contribution >= 4 is 27.9 Å². The van der Waals surface area contributed by atoms with E-state index in [4.69, 9.17) is 5.73 Å². The largest absolute Gasteiger partial charge is 0.397 e. The van der Waals surface area contributed by atoms with Crippen LogP contribution in [0, 0.1) is 0 Å². The van der Waals surface area contributed by atoms with E-state index in [2.05, 4.69) is 9.68 Å². The number of carbonyl (C=O) groups excluding carboxylic acids is 1. The van der Waals surface area contributed by atoms with Crippen LogP contribution in [-0.2, 0) is 10.5 Å². The third-order valence-corrected chi connectivity index (χ3v) is 1.67. The minimum atomic E-state index is -2.75. The number of urea groups is 1. The van der Waals surface area contributed by atoms with Gasteiger partial charge >= 0.3 is 16.5 Å². The van der Waals surface area contributed by atoms with E-state index in [1.165, 1.54) is 6.07 Å². The first kappa shape index (κ1) is 10.2. The number of nitrogens with zero attached hydrogens (tertiary/aromatic N) is 1. The van der Waals surface area contributed by atoms with Crippen LogP contribution in [0.15, 0.2) is 28.6 Å². The standard InChI is InChI=1S/C7H7N3O3S/c8-5-3-1-2-4-6(5)9-7(11)10-14(12)13/h1-4H,8H2,(H,9,11). The molecule has 1 rings (SSSR count). The van der Waals surface area contributed by atoms with E-state index >= 15 is 0 Å². The maximum absolute atomic E-state index is 10.8. The lowest BCUT2D eigenvalue weighted by atomic mass is 10.3. The van der Waals surface area contributed by atoms with Crippen LogP contribution in [0.3, 0.4) is 0 Å². The van der Waals surface area contributed by atoms with Crippen LogP contribution in [-0.4, -0.2) is 14.4 Å². The van der Waals surface area contributed by atoms with Crippen molar-refractivity contribution in [2.24, 2.45) is 4.36 Å². The van der Waals surface area contributed by atoms with Crippen molar-refractivity contribution in [3.63, 3.8) is 0 Å². The highest BCUT2D eigenvalue weighted by Gasteiger charge is 2.02. The van der Waals surface area contributed by atoms with Gasteiger partial charge in [-0.05, 0) is 12.1 Å². The fraction of sp³-hybridized carbons (Fsp3) is 0. The highest BCUT2D eigenvalue weighted by Crippen LogP contribution is 2.16. The number of anilines is 2. The SMILES string of the molecule is Nc1ccccc1NC(=O)N=S(=O)=O. The Labute approximate surface area is 81.4 Å². The summed E-state index contributed by atoms with van der Waals surface area (Å²) in [6, 6.07) is 5.48. The van der Waals surface area contributed by atoms with Gasteiger partial charge < -0.3 is 11.1 Å². The predicted molar refractivity (Wildman–Crippen MR) is 51.2 cm³/mol. The summed E-state index contributed by atoms with van der Waals surface area (Å²) < 4.78 is 22.8. The van der Waals surface area contributed by atoms with Gasteiger partial charge in [0.25, 0.3) is 0 Å². The monoisotopic (exact) mass is 213 g/mol. The maximum Gasteiger partial charge on any atom is 0.360 e. The molecule has 2 amide bonds. The summed E-state index contributed by atoms with van der Waals surface area (Å²) in [6.07, 6.45) is 0. The molecule has 0 aliphatic rings. The Bertz CT molecular complexity index is 473. The smallest absolute Gasteiger partial charge is 0.360 e. The Morgan fingerprint density at radius 2 is 2.00 bits per heavy atom. The molecule has 0 aliphatic heterocycles. The zero-order valence-electron chi connectivity index (χ0n) is 6.97. The van der Waals surface area contributed by atoms with Crippen molar-refractivity contribution in [1.82, 2.24) is 0 Å². The van der Waals surface area contributed by atoms with Crippen molar-refractivity contribution < 1.29 is 13.2 Å². The molecule has 74 valence electrons. The van der Waals surface area contributed by atoms with Gasteiger partial charge in [-0.3, -0.25) is 0 Å². The number of rotatable bonds is 1. The fourth-order valence-electron chi connectivity index (χ4n) is 0.817. The Morgan fingerprint density at radius 3 is 2.57 bits per heavy atom. The van der Waals surface area contributed by atoms with E-state index in [9.17, 15) is 13.2 Å². The van der Waals surface area contributed by atoms with E-state index in [1.807, 2.05) is 0 Å². The summed E-state index contributed by atoms with van der Waals surface area (Å²) in [5.74, 6) is 0. The second kappa shape index (κ2) is 4.38. The van der Waals surface area contributed by atoms with E-state index in [1.54, 1.807) is 18.2 Å². The van der Waals surface area contributed by atoms with Crippen LogP contribution >= 0.6 is 0 Å². The Kier molecular flexibility index (Phi) is 3.19. The van der Waals surface area contributed by atoms with Crippen molar-refractivity contribution in [2.75, 3.05) is 11.1 Å². The number of nitrogen functional groups attached to an aromatic ring is 1. The molecule has 0 unspecified atom stereocenters. The average Bonchev–Trinajstić information content (AvgIpc) is 2.07. The molecule has 0 saturated carbocycles. The average molecular weight is 213 g/mol. The van der Waals surface area contributed by atoms with Crippen molar-refractivity contribution in [3.05, 3.63) is 24.3 Å². The van der Waals surface area contributed by atoms with Crippen LogP contribution in [0.1, 0.15) is 0 Å². The number of carbonyl (C=O) groups is 1. The predicted octanol–water partition coefficient (Wildman–Crippen LogP) is 0.863. The van der Waals surface area contributed by atoms with Crippen LogP contribution in [0.25, 0.3) is 0 Å². The van der Waals surface area contributed by atoms with Crippen molar-refractivity contribution in [2.45, 2.75) is 0 Å². The van der Waals surface area contributed by atoms with Gasteiger partial charge in [0, 0.05) is 0 Å². The summed E-state index contributed by atoms with van der Waals surface area (Å²) in [6.45, 7) is 0. The third kappa shape index (κ3) is 2.87. The van der Waals surface area contributed by atoms with Crippen LogP contribution in [0.4, 0.5) is 16.2 Å². The van der Waals surface area contributed by atoms with Crippen molar-refractivity contribution in [3.8, 4) is 0 Å². The second-order valence-corrected chi connectivity index (χ2v) is 2.94. The molecule has 1 aromatic carbocycles. The highest BCUT2D eigenvalue weighted by atomic mass is 32.2. The number of para-hydroxylation sites is 2. The second-order valence-electron chi connectivity index (χ2n) is 2.33. The maximum atomic E-state index is 10.8. The Morgan fingerprint density at radius 1 is 1.36 bits per heavy atom. The number of hydrogen-bond acceptors (Lipinski definition) is 4. The summed E-state index contributed by atoms with van der Waals surface area (Å²) >= 11 is 0. The van der Waals surface area contributed by atoms with Gasteiger partial charge in [0.1, 0.15) is 0 Å². The Hall–Kier alpha value is -1.89. The molecule has 0 aromatic heterocycles. The first-order valence-corrected chi connectivity index (χ1v) is 4.59. The molecule has 7 heteroatoms. The topological polar surface area (TPSA) is 102 Å². The summed E-state index contributed by atoms with van der Waals surface area (Å²) in [4.78, 5) is 10.8.